The number of carbonyl (C=O) groups excluding carboxylic acids is 3. The molecular formula is C17H23ClN2O4S. The fourth-order valence-corrected chi connectivity index (χ4v) is 2.48. The zero-order valence-corrected chi connectivity index (χ0v) is 15.9. The van der Waals surface area contributed by atoms with Crippen molar-refractivity contribution in [2.75, 3.05) is 25.2 Å². The third-order valence-corrected chi connectivity index (χ3v) is 4.12. The number of ether oxygens (including phenoxy) is 1. The lowest BCUT2D eigenvalue weighted by Crippen LogP contribution is -2.43. The second-order valence-corrected chi connectivity index (χ2v) is 6.69. The number of thioether (sulfide) groups is 1. The Balaban J connectivity index is 2.62. The normalized spacial score (nSPS) is 11.5. The molecule has 0 spiro atoms. The van der Waals surface area contributed by atoms with Gasteiger partial charge in [-0.05, 0) is 49.1 Å². The molecule has 1 atom stereocenters. The fourth-order valence-electron chi connectivity index (χ4n) is 1.88. The molecule has 25 heavy (non-hydrogen) atoms. The van der Waals surface area contributed by atoms with Crippen LogP contribution in [0.5, 0.6) is 0 Å². The molecule has 2 amide bonds. The van der Waals surface area contributed by atoms with Crippen LogP contribution in [0.3, 0.4) is 0 Å². The number of halogens is 1. The Hall–Kier alpha value is -1.73. The summed E-state index contributed by atoms with van der Waals surface area (Å²) in [6.07, 6.45) is 3.12. The summed E-state index contributed by atoms with van der Waals surface area (Å²) >= 11 is 7.35. The van der Waals surface area contributed by atoms with Crippen LogP contribution in [0.25, 0.3) is 0 Å². The Morgan fingerprint density at radius 3 is 2.52 bits per heavy atom. The Bertz CT molecular complexity index is 581. The predicted octanol–water partition coefficient (Wildman–Crippen LogP) is 2.26. The summed E-state index contributed by atoms with van der Waals surface area (Å²) in [5.74, 6) is -0.705. The molecule has 0 saturated carbocycles. The second-order valence-electron chi connectivity index (χ2n) is 5.27. The summed E-state index contributed by atoms with van der Waals surface area (Å²) in [5.41, 5.74) is 0.395. The lowest BCUT2D eigenvalue weighted by molar-refractivity contribution is -0.150. The number of nitrogens with one attached hydrogen (secondary N) is 2. The van der Waals surface area contributed by atoms with Gasteiger partial charge in [-0.1, -0.05) is 18.5 Å². The second kappa shape index (κ2) is 11.8. The summed E-state index contributed by atoms with van der Waals surface area (Å²) in [7, 11) is 0. The highest BCUT2D eigenvalue weighted by atomic mass is 35.5. The largest absolute Gasteiger partial charge is 0.454 e. The molecule has 1 rings (SSSR count). The summed E-state index contributed by atoms with van der Waals surface area (Å²) in [6, 6.07) is 5.54. The SMILES string of the molecule is CCCNC(=O)COC(=O)[C@@H](CCSC)NC(=O)c1ccc(Cl)cc1. The topological polar surface area (TPSA) is 84.5 Å². The van der Waals surface area contributed by atoms with E-state index in [1.807, 2.05) is 13.2 Å². The third-order valence-electron chi connectivity index (χ3n) is 3.22. The average Bonchev–Trinajstić information content (AvgIpc) is 2.61. The van der Waals surface area contributed by atoms with Gasteiger partial charge in [0.05, 0.1) is 0 Å². The number of esters is 1. The van der Waals surface area contributed by atoms with Crippen molar-refractivity contribution in [2.24, 2.45) is 0 Å². The average molecular weight is 387 g/mol. The Morgan fingerprint density at radius 2 is 1.92 bits per heavy atom. The molecule has 0 unspecified atom stereocenters. The highest BCUT2D eigenvalue weighted by molar-refractivity contribution is 7.98. The van der Waals surface area contributed by atoms with Gasteiger partial charge >= 0.3 is 5.97 Å². The molecule has 0 heterocycles. The lowest BCUT2D eigenvalue weighted by Gasteiger charge is -2.17. The Labute approximate surface area is 157 Å². The molecule has 8 heteroatoms. The van der Waals surface area contributed by atoms with E-state index in [0.29, 0.717) is 29.3 Å². The van der Waals surface area contributed by atoms with Gasteiger partial charge in [0, 0.05) is 17.1 Å². The number of amides is 2. The van der Waals surface area contributed by atoms with Crippen molar-refractivity contribution in [3.05, 3.63) is 34.9 Å². The van der Waals surface area contributed by atoms with E-state index in [2.05, 4.69) is 10.6 Å². The zero-order valence-electron chi connectivity index (χ0n) is 14.3. The van der Waals surface area contributed by atoms with Crippen LogP contribution in [0.1, 0.15) is 30.1 Å². The number of hydrogen-bond donors (Lipinski definition) is 2. The smallest absolute Gasteiger partial charge is 0.329 e. The first-order chi connectivity index (χ1) is 12.0. The monoisotopic (exact) mass is 386 g/mol. The highest BCUT2D eigenvalue weighted by Crippen LogP contribution is 2.10. The van der Waals surface area contributed by atoms with E-state index in [-0.39, 0.29) is 12.5 Å². The predicted molar refractivity (Wildman–Crippen MR) is 100.0 cm³/mol. The maximum Gasteiger partial charge on any atom is 0.329 e. The van der Waals surface area contributed by atoms with Crippen LogP contribution in [-0.4, -0.2) is 49.0 Å². The van der Waals surface area contributed by atoms with Crippen LogP contribution in [-0.2, 0) is 14.3 Å². The van der Waals surface area contributed by atoms with Gasteiger partial charge < -0.3 is 15.4 Å². The van der Waals surface area contributed by atoms with E-state index in [1.54, 1.807) is 36.0 Å². The molecule has 0 radical (unpaired) electrons. The van der Waals surface area contributed by atoms with E-state index in [1.165, 1.54) is 0 Å². The maximum atomic E-state index is 12.3. The van der Waals surface area contributed by atoms with E-state index in [9.17, 15) is 14.4 Å². The summed E-state index contributed by atoms with van der Waals surface area (Å²) < 4.78 is 5.02. The van der Waals surface area contributed by atoms with Crippen molar-refractivity contribution in [3.63, 3.8) is 0 Å². The zero-order chi connectivity index (χ0) is 18.7. The lowest BCUT2D eigenvalue weighted by atomic mass is 10.1. The first-order valence-electron chi connectivity index (χ1n) is 7.96. The fraction of sp³-hybridized carbons (Fsp3) is 0.471. The van der Waals surface area contributed by atoms with E-state index >= 15 is 0 Å². The molecule has 0 aromatic heterocycles. The van der Waals surface area contributed by atoms with Gasteiger partial charge in [0.25, 0.3) is 11.8 Å². The summed E-state index contributed by atoms with van der Waals surface area (Å²) in [5, 5.41) is 5.80. The molecule has 2 N–H and O–H groups in total. The molecular weight excluding hydrogens is 364 g/mol. The van der Waals surface area contributed by atoms with Gasteiger partial charge in [-0.25, -0.2) is 4.79 Å². The van der Waals surface area contributed by atoms with Gasteiger partial charge in [-0.15, -0.1) is 0 Å². The number of carbonyl (C=O) groups is 3. The standard InChI is InChI=1S/C17H23ClN2O4S/c1-3-9-19-15(21)11-24-17(23)14(8-10-25-2)20-16(22)12-4-6-13(18)7-5-12/h4-7,14H,3,8-11H2,1-2H3,(H,19,21)(H,20,22)/t14-/m1/s1. The molecule has 0 aliphatic rings. The van der Waals surface area contributed by atoms with Crippen LogP contribution in [0.4, 0.5) is 0 Å². The van der Waals surface area contributed by atoms with Gasteiger partial charge in [0.15, 0.2) is 6.61 Å². The van der Waals surface area contributed by atoms with Crippen molar-refractivity contribution < 1.29 is 19.1 Å². The van der Waals surface area contributed by atoms with Crippen molar-refractivity contribution in [1.82, 2.24) is 10.6 Å². The van der Waals surface area contributed by atoms with E-state index in [4.69, 9.17) is 16.3 Å². The molecule has 0 aliphatic heterocycles. The molecule has 138 valence electrons. The minimum absolute atomic E-state index is 0.356. The van der Waals surface area contributed by atoms with Gasteiger partial charge in [-0.2, -0.15) is 11.8 Å². The number of rotatable bonds is 10. The molecule has 0 saturated heterocycles. The van der Waals surface area contributed by atoms with Crippen LogP contribution in [0.15, 0.2) is 24.3 Å². The van der Waals surface area contributed by atoms with E-state index in [0.717, 1.165) is 6.42 Å². The van der Waals surface area contributed by atoms with Crippen LogP contribution in [0, 0.1) is 0 Å². The Morgan fingerprint density at radius 1 is 1.24 bits per heavy atom. The molecule has 0 fully saturated rings. The first kappa shape index (κ1) is 21.3. The summed E-state index contributed by atoms with van der Waals surface area (Å²) in [6.45, 7) is 2.10. The van der Waals surface area contributed by atoms with Crippen LogP contribution in [0.2, 0.25) is 5.02 Å². The maximum absolute atomic E-state index is 12.3. The van der Waals surface area contributed by atoms with Gasteiger partial charge in [0.1, 0.15) is 6.04 Å². The highest BCUT2D eigenvalue weighted by Gasteiger charge is 2.23. The number of benzene rings is 1. The molecule has 6 nitrogen and oxygen atoms in total. The molecule has 1 aromatic rings. The van der Waals surface area contributed by atoms with E-state index < -0.39 is 17.9 Å². The van der Waals surface area contributed by atoms with Crippen LogP contribution >= 0.6 is 23.4 Å². The van der Waals surface area contributed by atoms with Gasteiger partial charge in [0.2, 0.25) is 0 Å². The Kier molecular flexibility index (Phi) is 10.0. The molecule has 0 aliphatic carbocycles. The minimum Gasteiger partial charge on any atom is -0.454 e. The minimum atomic E-state index is -0.811. The van der Waals surface area contributed by atoms with Gasteiger partial charge in [-0.3, -0.25) is 9.59 Å². The van der Waals surface area contributed by atoms with Crippen molar-refractivity contribution in [1.29, 1.82) is 0 Å². The molecule has 1 aromatic carbocycles. The summed E-state index contributed by atoms with van der Waals surface area (Å²) in [4.78, 5) is 36.0. The van der Waals surface area contributed by atoms with Crippen molar-refractivity contribution in [3.8, 4) is 0 Å². The first-order valence-corrected chi connectivity index (χ1v) is 9.73. The van der Waals surface area contributed by atoms with Crippen molar-refractivity contribution in [2.45, 2.75) is 25.8 Å². The van der Waals surface area contributed by atoms with Crippen molar-refractivity contribution >= 4 is 41.1 Å². The molecule has 0 bridgehead atoms. The quantitative estimate of drug-likeness (QED) is 0.602. The third kappa shape index (κ3) is 8.27. The number of hydrogen-bond acceptors (Lipinski definition) is 5. The van der Waals surface area contributed by atoms with Crippen LogP contribution < -0.4 is 10.6 Å².